The average Bonchev–Trinajstić information content (AvgIpc) is 2.90. The molecule has 1 heterocycles. The standard InChI is InChI=1S/C14H17N3O3S/c1-2-11(10-6-4-3-5-7-10)17-12(8-18)15-16-14(17)21-9-13(19)20/h3-7,11,18H,2,8-9H2,1H3,(H,19,20). The molecule has 1 aromatic heterocycles. The van der Waals surface area contributed by atoms with E-state index in [1.807, 2.05) is 41.8 Å². The highest BCUT2D eigenvalue weighted by Gasteiger charge is 2.21. The Hall–Kier alpha value is -1.86. The molecular weight excluding hydrogens is 290 g/mol. The smallest absolute Gasteiger partial charge is 0.313 e. The number of aliphatic carboxylic acids is 1. The minimum Gasteiger partial charge on any atom is -0.481 e. The first-order chi connectivity index (χ1) is 10.2. The predicted molar refractivity (Wildman–Crippen MR) is 79.2 cm³/mol. The summed E-state index contributed by atoms with van der Waals surface area (Å²) in [6, 6.07) is 9.81. The second kappa shape index (κ2) is 7.24. The van der Waals surface area contributed by atoms with Gasteiger partial charge in [-0.25, -0.2) is 0 Å². The van der Waals surface area contributed by atoms with E-state index in [-0.39, 0.29) is 18.4 Å². The lowest BCUT2D eigenvalue weighted by atomic mass is 10.0. The van der Waals surface area contributed by atoms with Crippen LogP contribution in [0.25, 0.3) is 0 Å². The van der Waals surface area contributed by atoms with E-state index in [2.05, 4.69) is 10.2 Å². The van der Waals surface area contributed by atoms with Gasteiger partial charge in [-0.2, -0.15) is 0 Å². The lowest BCUT2D eigenvalue weighted by Crippen LogP contribution is -2.15. The Bertz CT molecular complexity index is 601. The van der Waals surface area contributed by atoms with Gasteiger partial charge in [0.2, 0.25) is 0 Å². The fourth-order valence-electron chi connectivity index (χ4n) is 2.20. The number of hydrogen-bond donors (Lipinski definition) is 2. The van der Waals surface area contributed by atoms with E-state index in [0.717, 1.165) is 23.7 Å². The van der Waals surface area contributed by atoms with E-state index in [1.54, 1.807) is 0 Å². The molecule has 0 aliphatic rings. The van der Waals surface area contributed by atoms with Crippen LogP contribution in [0.5, 0.6) is 0 Å². The van der Waals surface area contributed by atoms with Crippen molar-refractivity contribution in [1.29, 1.82) is 0 Å². The second-order valence-corrected chi connectivity index (χ2v) is 5.39. The number of aliphatic hydroxyl groups excluding tert-OH is 1. The first-order valence-corrected chi connectivity index (χ1v) is 7.60. The van der Waals surface area contributed by atoms with Gasteiger partial charge >= 0.3 is 5.97 Å². The van der Waals surface area contributed by atoms with Crippen molar-refractivity contribution >= 4 is 17.7 Å². The van der Waals surface area contributed by atoms with E-state index >= 15 is 0 Å². The van der Waals surface area contributed by atoms with E-state index in [0.29, 0.717) is 11.0 Å². The zero-order valence-corrected chi connectivity index (χ0v) is 12.5. The molecule has 2 N–H and O–H groups in total. The van der Waals surface area contributed by atoms with Gasteiger partial charge in [0.05, 0.1) is 11.8 Å². The Morgan fingerprint density at radius 1 is 1.33 bits per heavy atom. The lowest BCUT2D eigenvalue weighted by Gasteiger charge is -2.20. The zero-order valence-electron chi connectivity index (χ0n) is 11.6. The Balaban J connectivity index is 2.39. The number of aliphatic hydroxyl groups is 1. The van der Waals surface area contributed by atoms with Crippen molar-refractivity contribution in [3.8, 4) is 0 Å². The van der Waals surface area contributed by atoms with Crippen molar-refractivity contribution < 1.29 is 15.0 Å². The highest BCUT2D eigenvalue weighted by Crippen LogP contribution is 2.28. The van der Waals surface area contributed by atoms with Crippen molar-refractivity contribution in [2.75, 3.05) is 5.75 Å². The van der Waals surface area contributed by atoms with Gasteiger partial charge in [-0.3, -0.25) is 9.36 Å². The number of carboxylic acid groups (broad SMARTS) is 1. The zero-order chi connectivity index (χ0) is 15.2. The summed E-state index contributed by atoms with van der Waals surface area (Å²) in [5.41, 5.74) is 1.08. The molecule has 6 nitrogen and oxygen atoms in total. The summed E-state index contributed by atoms with van der Waals surface area (Å²) in [5, 5.41) is 26.7. The average molecular weight is 307 g/mol. The van der Waals surface area contributed by atoms with Crippen molar-refractivity contribution in [1.82, 2.24) is 14.8 Å². The third-order valence-corrected chi connectivity index (χ3v) is 4.01. The van der Waals surface area contributed by atoms with Crippen LogP contribution in [-0.2, 0) is 11.4 Å². The van der Waals surface area contributed by atoms with Gasteiger partial charge in [-0.1, -0.05) is 49.0 Å². The third-order valence-electron chi connectivity index (χ3n) is 3.08. The van der Waals surface area contributed by atoms with Gasteiger partial charge in [-0.05, 0) is 12.0 Å². The van der Waals surface area contributed by atoms with Crippen LogP contribution in [0.3, 0.4) is 0 Å². The molecule has 2 aromatic rings. The molecule has 0 fully saturated rings. The summed E-state index contributed by atoms with van der Waals surface area (Å²) in [4.78, 5) is 10.7. The maximum Gasteiger partial charge on any atom is 0.313 e. The molecule has 1 aromatic carbocycles. The third kappa shape index (κ3) is 3.62. The number of carboxylic acids is 1. The summed E-state index contributed by atoms with van der Waals surface area (Å²) in [6.45, 7) is 1.80. The number of rotatable bonds is 7. The van der Waals surface area contributed by atoms with Crippen molar-refractivity contribution in [3.63, 3.8) is 0 Å². The van der Waals surface area contributed by atoms with Crippen LogP contribution in [-0.4, -0.2) is 36.7 Å². The summed E-state index contributed by atoms with van der Waals surface area (Å²) < 4.78 is 1.82. The Morgan fingerprint density at radius 3 is 2.62 bits per heavy atom. The van der Waals surface area contributed by atoms with E-state index in [9.17, 15) is 9.90 Å². The Labute approximate surface area is 126 Å². The first kappa shape index (κ1) is 15.5. The fourth-order valence-corrected chi connectivity index (χ4v) is 2.92. The summed E-state index contributed by atoms with van der Waals surface area (Å²) in [6.07, 6.45) is 0.787. The van der Waals surface area contributed by atoms with Gasteiger partial charge in [0, 0.05) is 0 Å². The summed E-state index contributed by atoms with van der Waals surface area (Å²) >= 11 is 1.11. The molecule has 0 aliphatic carbocycles. The molecule has 1 atom stereocenters. The molecule has 0 radical (unpaired) electrons. The second-order valence-electron chi connectivity index (χ2n) is 4.44. The molecule has 112 valence electrons. The number of hydrogen-bond acceptors (Lipinski definition) is 5. The van der Waals surface area contributed by atoms with Crippen LogP contribution in [0.15, 0.2) is 35.5 Å². The number of carbonyl (C=O) groups is 1. The number of aromatic nitrogens is 3. The SMILES string of the molecule is CCC(c1ccccc1)n1c(CO)nnc1SCC(=O)O. The fraction of sp³-hybridized carbons (Fsp3) is 0.357. The van der Waals surface area contributed by atoms with E-state index in [4.69, 9.17) is 5.11 Å². The van der Waals surface area contributed by atoms with Crippen LogP contribution >= 0.6 is 11.8 Å². The van der Waals surface area contributed by atoms with Gasteiger partial charge in [0.15, 0.2) is 11.0 Å². The maximum absolute atomic E-state index is 10.7. The number of benzene rings is 1. The molecule has 2 rings (SSSR count). The van der Waals surface area contributed by atoms with Crippen LogP contribution in [0.2, 0.25) is 0 Å². The topological polar surface area (TPSA) is 88.2 Å². The highest BCUT2D eigenvalue weighted by molar-refractivity contribution is 7.99. The Kier molecular flexibility index (Phi) is 5.35. The molecule has 0 amide bonds. The van der Waals surface area contributed by atoms with Crippen LogP contribution in [0.4, 0.5) is 0 Å². The quantitative estimate of drug-likeness (QED) is 0.760. The van der Waals surface area contributed by atoms with Crippen LogP contribution in [0.1, 0.15) is 30.8 Å². The Morgan fingerprint density at radius 2 is 2.05 bits per heavy atom. The van der Waals surface area contributed by atoms with Gasteiger partial charge in [-0.15, -0.1) is 10.2 Å². The minimum absolute atomic E-state index is 0.0281. The van der Waals surface area contributed by atoms with Crippen molar-refractivity contribution in [2.24, 2.45) is 0 Å². The van der Waals surface area contributed by atoms with Crippen LogP contribution < -0.4 is 0 Å². The molecule has 0 bridgehead atoms. The van der Waals surface area contributed by atoms with E-state index in [1.165, 1.54) is 0 Å². The monoisotopic (exact) mass is 307 g/mol. The van der Waals surface area contributed by atoms with Crippen molar-refractivity contribution in [2.45, 2.75) is 31.1 Å². The number of nitrogens with zero attached hydrogens (tertiary/aromatic N) is 3. The molecule has 1 unspecified atom stereocenters. The maximum atomic E-state index is 10.7. The minimum atomic E-state index is -0.909. The predicted octanol–water partition coefficient (Wildman–Crippen LogP) is 1.95. The largest absolute Gasteiger partial charge is 0.481 e. The highest BCUT2D eigenvalue weighted by atomic mass is 32.2. The van der Waals surface area contributed by atoms with Gasteiger partial charge in [0.25, 0.3) is 0 Å². The van der Waals surface area contributed by atoms with Crippen molar-refractivity contribution in [3.05, 3.63) is 41.7 Å². The van der Waals surface area contributed by atoms with Gasteiger partial charge < -0.3 is 10.2 Å². The summed E-state index contributed by atoms with van der Waals surface area (Å²) in [5.74, 6) is -0.555. The molecule has 0 aliphatic heterocycles. The first-order valence-electron chi connectivity index (χ1n) is 6.61. The molecule has 21 heavy (non-hydrogen) atoms. The molecule has 0 saturated carbocycles. The van der Waals surface area contributed by atoms with E-state index < -0.39 is 5.97 Å². The normalized spacial score (nSPS) is 12.3. The summed E-state index contributed by atoms with van der Waals surface area (Å²) in [7, 11) is 0. The lowest BCUT2D eigenvalue weighted by molar-refractivity contribution is -0.133. The van der Waals surface area contributed by atoms with Crippen LogP contribution in [0, 0.1) is 0 Å². The molecular formula is C14H17N3O3S. The molecule has 0 spiro atoms. The van der Waals surface area contributed by atoms with Gasteiger partial charge in [0.1, 0.15) is 6.61 Å². The number of thioether (sulfide) groups is 1. The molecule has 0 saturated heterocycles. The molecule has 7 heteroatoms.